The highest BCUT2D eigenvalue weighted by Gasteiger charge is 2.12. The van der Waals surface area contributed by atoms with Gasteiger partial charge in [0.05, 0.1) is 6.42 Å². The van der Waals surface area contributed by atoms with Gasteiger partial charge in [-0.3, -0.25) is 10.1 Å². The van der Waals surface area contributed by atoms with E-state index >= 15 is 0 Å². The van der Waals surface area contributed by atoms with Gasteiger partial charge in [0.1, 0.15) is 0 Å². The molecule has 0 unspecified atom stereocenters. The third-order valence-corrected chi connectivity index (χ3v) is 3.78. The van der Waals surface area contributed by atoms with Crippen molar-refractivity contribution in [2.45, 2.75) is 13.3 Å². The fourth-order valence-corrected chi connectivity index (χ4v) is 2.51. The van der Waals surface area contributed by atoms with Gasteiger partial charge >= 0.3 is 6.01 Å². The normalized spacial score (nSPS) is 10.5. The number of hydrogen-bond donors (Lipinski definition) is 1. The van der Waals surface area contributed by atoms with Crippen LogP contribution < -0.4 is 5.32 Å². The maximum absolute atomic E-state index is 12.0. The van der Waals surface area contributed by atoms with Crippen LogP contribution in [0, 0.1) is 6.92 Å². The molecule has 21 heavy (non-hydrogen) atoms. The zero-order valence-corrected chi connectivity index (χ0v) is 12.2. The van der Waals surface area contributed by atoms with Crippen molar-refractivity contribution in [2.75, 3.05) is 5.32 Å². The van der Waals surface area contributed by atoms with Crippen LogP contribution in [0.15, 0.2) is 46.2 Å². The number of nitrogens with zero attached hydrogens (tertiary/aromatic N) is 2. The molecule has 106 valence electrons. The van der Waals surface area contributed by atoms with E-state index in [1.165, 1.54) is 0 Å². The molecule has 0 atom stereocenters. The van der Waals surface area contributed by atoms with E-state index in [1.54, 1.807) is 23.5 Å². The molecule has 0 saturated carbocycles. The summed E-state index contributed by atoms with van der Waals surface area (Å²) in [4.78, 5) is 13.1. The Morgan fingerprint density at radius 3 is 2.76 bits per heavy atom. The lowest BCUT2D eigenvalue weighted by atomic mass is 10.1. The van der Waals surface area contributed by atoms with E-state index in [0.717, 1.165) is 10.4 Å². The van der Waals surface area contributed by atoms with Gasteiger partial charge in [-0.15, -0.1) is 16.4 Å². The van der Waals surface area contributed by atoms with E-state index in [4.69, 9.17) is 4.42 Å². The Hall–Kier alpha value is -2.47. The summed E-state index contributed by atoms with van der Waals surface area (Å²) in [6.07, 6.45) is 0.574. The van der Waals surface area contributed by atoms with E-state index in [2.05, 4.69) is 15.5 Å². The predicted octanol–water partition coefficient (Wildman–Crippen LogP) is 3.28. The standard InChI is InChI=1S/C15H13N3O2S/c1-10-4-6-11(7-5-10)14(19)16-15-18-17-13(20-15)9-12-3-2-8-21-12/h2-8H,9H2,1H3,(H,16,18,19). The minimum Gasteiger partial charge on any atom is -0.407 e. The zero-order valence-electron chi connectivity index (χ0n) is 11.4. The molecule has 6 heteroatoms. The van der Waals surface area contributed by atoms with Crippen LogP contribution in [0.25, 0.3) is 0 Å². The minimum absolute atomic E-state index is 0.118. The van der Waals surface area contributed by atoms with E-state index < -0.39 is 0 Å². The van der Waals surface area contributed by atoms with Crippen molar-refractivity contribution in [1.29, 1.82) is 0 Å². The average molecular weight is 299 g/mol. The van der Waals surface area contributed by atoms with Gasteiger partial charge in [0.2, 0.25) is 5.89 Å². The molecule has 0 spiro atoms. The lowest BCUT2D eigenvalue weighted by Crippen LogP contribution is -2.11. The van der Waals surface area contributed by atoms with E-state index in [-0.39, 0.29) is 11.9 Å². The molecular formula is C15H13N3O2S. The first-order valence-corrected chi connectivity index (χ1v) is 7.31. The topological polar surface area (TPSA) is 68.0 Å². The van der Waals surface area contributed by atoms with E-state index in [9.17, 15) is 4.79 Å². The molecule has 2 aromatic heterocycles. The average Bonchev–Trinajstić information content (AvgIpc) is 3.12. The minimum atomic E-state index is -0.263. The van der Waals surface area contributed by atoms with Gasteiger partial charge in [-0.25, -0.2) is 0 Å². The summed E-state index contributed by atoms with van der Waals surface area (Å²) in [5.74, 6) is 0.220. The van der Waals surface area contributed by atoms with Gasteiger partial charge in [-0.05, 0) is 30.5 Å². The molecule has 0 saturated heterocycles. The predicted molar refractivity (Wildman–Crippen MR) is 80.6 cm³/mol. The van der Waals surface area contributed by atoms with Crippen molar-refractivity contribution in [3.63, 3.8) is 0 Å². The SMILES string of the molecule is Cc1ccc(C(=O)Nc2nnc(Cc3cccs3)o2)cc1. The summed E-state index contributed by atoms with van der Waals surface area (Å²) in [5.41, 5.74) is 1.65. The second kappa shape index (κ2) is 5.88. The largest absolute Gasteiger partial charge is 0.407 e. The van der Waals surface area contributed by atoms with Crippen molar-refractivity contribution < 1.29 is 9.21 Å². The maximum Gasteiger partial charge on any atom is 0.322 e. The van der Waals surface area contributed by atoms with Crippen LogP contribution in [0.5, 0.6) is 0 Å². The Bertz CT molecular complexity index is 733. The summed E-state index contributed by atoms with van der Waals surface area (Å²) in [6, 6.07) is 11.4. The fraction of sp³-hybridized carbons (Fsp3) is 0.133. The van der Waals surface area contributed by atoms with E-state index in [0.29, 0.717) is 17.9 Å². The second-order valence-corrected chi connectivity index (χ2v) is 5.61. The van der Waals surface area contributed by atoms with Gasteiger partial charge in [-0.1, -0.05) is 28.9 Å². The Kier molecular flexibility index (Phi) is 3.79. The molecule has 0 aliphatic carbocycles. The van der Waals surface area contributed by atoms with E-state index in [1.807, 2.05) is 36.6 Å². The first kappa shape index (κ1) is 13.5. The number of aromatic nitrogens is 2. The summed E-state index contributed by atoms with van der Waals surface area (Å²) < 4.78 is 5.43. The number of rotatable bonds is 4. The van der Waals surface area contributed by atoms with Crippen molar-refractivity contribution in [1.82, 2.24) is 10.2 Å². The molecule has 0 aliphatic rings. The first-order valence-electron chi connectivity index (χ1n) is 6.43. The summed E-state index contributed by atoms with van der Waals surface area (Å²) in [6.45, 7) is 1.97. The van der Waals surface area contributed by atoms with Crippen molar-refractivity contribution in [3.05, 3.63) is 63.7 Å². The number of benzene rings is 1. The Morgan fingerprint density at radius 1 is 1.24 bits per heavy atom. The quantitative estimate of drug-likeness (QED) is 0.802. The fourth-order valence-electron chi connectivity index (χ4n) is 1.81. The number of aryl methyl sites for hydroxylation is 1. The highest BCUT2D eigenvalue weighted by Crippen LogP contribution is 2.16. The first-order chi connectivity index (χ1) is 10.2. The van der Waals surface area contributed by atoms with Gasteiger partial charge in [0.15, 0.2) is 0 Å². The van der Waals surface area contributed by atoms with Crippen LogP contribution in [0.2, 0.25) is 0 Å². The molecule has 0 aliphatic heterocycles. The Morgan fingerprint density at radius 2 is 2.05 bits per heavy atom. The molecule has 1 aromatic carbocycles. The van der Waals surface area contributed by atoms with Crippen LogP contribution in [0.4, 0.5) is 6.01 Å². The molecule has 0 bridgehead atoms. The third kappa shape index (κ3) is 3.35. The monoisotopic (exact) mass is 299 g/mol. The van der Waals surface area contributed by atoms with Gasteiger partial charge in [0.25, 0.3) is 5.91 Å². The Labute approximate surface area is 125 Å². The third-order valence-electron chi connectivity index (χ3n) is 2.91. The van der Waals surface area contributed by atoms with Gasteiger partial charge < -0.3 is 4.42 Å². The highest BCUT2D eigenvalue weighted by atomic mass is 32.1. The lowest BCUT2D eigenvalue weighted by Gasteiger charge is -2.00. The number of hydrogen-bond acceptors (Lipinski definition) is 5. The molecule has 3 aromatic rings. The zero-order chi connectivity index (χ0) is 14.7. The highest BCUT2D eigenvalue weighted by molar-refractivity contribution is 7.09. The number of anilines is 1. The number of thiophene rings is 1. The van der Waals surface area contributed by atoms with Crippen molar-refractivity contribution >= 4 is 23.3 Å². The molecule has 2 heterocycles. The van der Waals surface area contributed by atoms with Crippen LogP contribution >= 0.6 is 11.3 Å². The number of carbonyl (C=O) groups is 1. The van der Waals surface area contributed by atoms with Crippen molar-refractivity contribution in [3.8, 4) is 0 Å². The molecule has 1 amide bonds. The maximum atomic E-state index is 12.0. The second-order valence-electron chi connectivity index (χ2n) is 4.58. The Balaban J connectivity index is 1.66. The summed E-state index contributed by atoms with van der Waals surface area (Å²) >= 11 is 1.62. The van der Waals surface area contributed by atoms with Crippen LogP contribution in [0.3, 0.4) is 0 Å². The number of amides is 1. The molecule has 0 radical (unpaired) electrons. The smallest absolute Gasteiger partial charge is 0.322 e. The number of carbonyl (C=O) groups excluding carboxylic acids is 1. The molecule has 3 rings (SSSR count). The van der Waals surface area contributed by atoms with Gasteiger partial charge in [-0.2, -0.15) is 0 Å². The van der Waals surface area contributed by atoms with Crippen LogP contribution in [0.1, 0.15) is 26.7 Å². The molecule has 5 nitrogen and oxygen atoms in total. The number of nitrogens with one attached hydrogen (secondary N) is 1. The van der Waals surface area contributed by atoms with Gasteiger partial charge in [0, 0.05) is 10.4 Å². The molecular weight excluding hydrogens is 286 g/mol. The van der Waals surface area contributed by atoms with Crippen LogP contribution in [-0.2, 0) is 6.42 Å². The van der Waals surface area contributed by atoms with Crippen LogP contribution in [-0.4, -0.2) is 16.1 Å². The summed E-state index contributed by atoms with van der Waals surface area (Å²) in [7, 11) is 0. The molecule has 1 N–H and O–H groups in total. The lowest BCUT2D eigenvalue weighted by molar-refractivity contribution is 0.102. The molecule has 0 fully saturated rings. The summed E-state index contributed by atoms with van der Waals surface area (Å²) in [5, 5.41) is 12.4. The van der Waals surface area contributed by atoms with Crippen molar-refractivity contribution in [2.24, 2.45) is 0 Å².